The minimum absolute atomic E-state index is 0.136. The van der Waals surface area contributed by atoms with Crippen molar-refractivity contribution in [3.05, 3.63) is 29.6 Å². The van der Waals surface area contributed by atoms with E-state index in [1.165, 1.54) is 19.2 Å². The average molecular weight is 226 g/mol. The lowest BCUT2D eigenvalue weighted by Crippen LogP contribution is -2.20. The maximum Gasteiger partial charge on any atom is 0.165 e. The van der Waals surface area contributed by atoms with E-state index in [1.54, 1.807) is 6.07 Å². The van der Waals surface area contributed by atoms with Crippen LogP contribution in [0.4, 0.5) is 4.39 Å². The number of ether oxygens (including phenoxy) is 1. The summed E-state index contributed by atoms with van der Waals surface area (Å²) < 4.78 is 18.2. The van der Waals surface area contributed by atoms with Crippen molar-refractivity contribution in [1.82, 2.24) is 0 Å². The zero-order valence-corrected chi connectivity index (χ0v) is 9.06. The van der Waals surface area contributed by atoms with Crippen molar-refractivity contribution in [3.63, 3.8) is 0 Å². The van der Waals surface area contributed by atoms with E-state index in [1.807, 2.05) is 0 Å². The van der Waals surface area contributed by atoms with Crippen LogP contribution in [-0.4, -0.2) is 23.4 Å². The van der Waals surface area contributed by atoms with E-state index in [4.69, 9.17) is 4.74 Å². The second-order valence-corrected chi connectivity index (χ2v) is 4.17. The lowest BCUT2D eigenvalue weighted by molar-refractivity contribution is 0.00466. The van der Waals surface area contributed by atoms with Crippen LogP contribution in [-0.2, 0) is 0 Å². The minimum Gasteiger partial charge on any atom is -0.494 e. The van der Waals surface area contributed by atoms with Gasteiger partial charge in [0.15, 0.2) is 11.6 Å². The van der Waals surface area contributed by atoms with Gasteiger partial charge in [0.25, 0.3) is 0 Å². The number of hydrogen-bond acceptors (Lipinski definition) is 3. The molecule has 0 bridgehead atoms. The first-order valence-corrected chi connectivity index (χ1v) is 5.33. The number of halogens is 1. The van der Waals surface area contributed by atoms with Crippen LogP contribution in [0.3, 0.4) is 0 Å². The molecule has 0 aliphatic heterocycles. The number of benzene rings is 1. The van der Waals surface area contributed by atoms with Crippen molar-refractivity contribution in [2.24, 2.45) is 5.92 Å². The van der Waals surface area contributed by atoms with E-state index in [0.717, 1.165) is 12.8 Å². The zero-order chi connectivity index (χ0) is 11.7. The van der Waals surface area contributed by atoms with Crippen molar-refractivity contribution in [3.8, 4) is 5.75 Å². The highest BCUT2D eigenvalue weighted by Crippen LogP contribution is 2.38. The Morgan fingerprint density at radius 2 is 2.06 bits per heavy atom. The van der Waals surface area contributed by atoms with E-state index in [2.05, 4.69) is 0 Å². The number of rotatable bonds is 4. The van der Waals surface area contributed by atoms with E-state index in [9.17, 15) is 14.6 Å². The first kappa shape index (κ1) is 11.4. The van der Waals surface area contributed by atoms with Gasteiger partial charge >= 0.3 is 0 Å². The second-order valence-electron chi connectivity index (χ2n) is 4.17. The molecule has 2 unspecified atom stereocenters. The molecule has 0 aromatic heterocycles. The van der Waals surface area contributed by atoms with Crippen LogP contribution in [0.5, 0.6) is 5.75 Å². The Kier molecular flexibility index (Phi) is 3.12. The molecule has 0 spiro atoms. The summed E-state index contributed by atoms with van der Waals surface area (Å²) in [7, 11) is 1.38. The quantitative estimate of drug-likeness (QED) is 0.820. The molecule has 0 saturated heterocycles. The van der Waals surface area contributed by atoms with Crippen LogP contribution < -0.4 is 4.74 Å². The molecule has 0 heterocycles. The number of aliphatic hydroxyl groups excluding tert-OH is 2. The van der Waals surface area contributed by atoms with Crippen LogP contribution in [0.2, 0.25) is 0 Å². The molecule has 1 fully saturated rings. The average Bonchev–Trinajstić information content (AvgIpc) is 3.11. The van der Waals surface area contributed by atoms with Crippen LogP contribution in [0.15, 0.2) is 18.2 Å². The van der Waals surface area contributed by atoms with E-state index >= 15 is 0 Å². The summed E-state index contributed by atoms with van der Waals surface area (Å²) in [6.07, 6.45) is 0.0361. The molecule has 16 heavy (non-hydrogen) atoms. The van der Waals surface area contributed by atoms with Gasteiger partial charge in [-0.25, -0.2) is 4.39 Å². The SMILES string of the molecule is COc1ccc(C(O)C(O)C2CC2)cc1F. The second kappa shape index (κ2) is 4.39. The molecule has 88 valence electrons. The van der Waals surface area contributed by atoms with Gasteiger partial charge in [0, 0.05) is 0 Å². The predicted molar refractivity (Wildman–Crippen MR) is 56.6 cm³/mol. The number of methoxy groups -OCH3 is 1. The summed E-state index contributed by atoms with van der Waals surface area (Å²) in [5, 5.41) is 19.6. The summed E-state index contributed by atoms with van der Waals surface area (Å²) >= 11 is 0. The van der Waals surface area contributed by atoms with Crippen molar-refractivity contribution >= 4 is 0 Å². The fraction of sp³-hybridized carbons (Fsp3) is 0.500. The van der Waals surface area contributed by atoms with Crippen molar-refractivity contribution in [2.45, 2.75) is 25.0 Å². The third kappa shape index (κ3) is 2.18. The normalized spacial score (nSPS) is 19.2. The minimum atomic E-state index is -1.02. The summed E-state index contributed by atoms with van der Waals surface area (Å²) in [6, 6.07) is 4.22. The van der Waals surface area contributed by atoms with Gasteiger partial charge in [-0.2, -0.15) is 0 Å². The lowest BCUT2D eigenvalue weighted by Gasteiger charge is -2.18. The molecule has 0 amide bonds. The van der Waals surface area contributed by atoms with Crippen LogP contribution in [0.1, 0.15) is 24.5 Å². The maximum absolute atomic E-state index is 13.4. The topological polar surface area (TPSA) is 49.7 Å². The van der Waals surface area contributed by atoms with Gasteiger partial charge in [0.2, 0.25) is 0 Å². The number of hydrogen-bond donors (Lipinski definition) is 2. The van der Waals surface area contributed by atoms with E-state index < -0.39 is 18.0 Å². The van der Waals surface area contributed by atoms with Gasteiger partial charge in [-0.15, -0.1) is 0 Å². The smallest absolute Gasteiger partial charge is 0.165 e. The molecule has 3 nitrogen and oxygen atoms in total. The van der Waals surface area contributed by atoms with Crippen molar-refractivity contribution in [1.29, 1.82) is 0 Å². The van der Waals surface area contributed by atoms with E-state index in [-0.39, 0.29) is 11.7 Å². The Morgan fingerprint density at radius 3 is 2.56 bits per heavy atom. The van der Waals surface area contributed by atoms with Gasteiger partial charge in [-0.05, 0) is 36.5 Å². The molecular weight excluding hydrogens is 211 g/mol. The van der Waals surface area contributed by atoms with Crippen LogP contribution in [0, 0.1) is 11.7 Å². The molecule has 4 heteroatoms. The highest BCUT2D eigenvalue weighted by molar-refractivity contribution is 5.31. The van der Waals surface area contributed by atoms with Gasteiger partial charge in [0.05, 0.1) is 13.2 Å². The highest BCUT2D eigenvalue weighted by Gasteiger charge is 2.35. The summed E-state index contributed by atoms with van der Waals surface area (Å²) in [5.41, 5.74) is 0.387. The van der Waals surface area contributed by atoms with Gasteiger partial charge in [-0.3, -0.25) is 0 Å². The molecule has 1 aromatic carbocycles. The molecule has 2 rings (SSSR count). The Hall–Kier alpha value is -1.13. The van der Waals surface area contributed by atoms with Gasteiger partial charge < -0.3 is 14.9 Å². The molecule has 2 atom stereocenters. The monoisotopic (exact) mass is 226 g/mol. The lowest BCUT2D eigenvalue weighted by atomic mass is 10.0. The molecule has 0 radical (unpaired) electrons. The molecule has 1 aliphatic carbocycles. The third-order valence-electron chi connectivity index (χ3n) is 2.95. The third-order valence-corrected chi connectivity index (χ3v) is 2.95. The highest BCUT2D eigenvalue weighted by atomic mass is 19.1. The summed E-state index contributed by atoms with van der Waals surface area (Å²) in [5.74, 6) is -0.237. The first-order chi connectivity index (χ1) is 7.63. The largest absolute Gasteiger partial charge is 0.494 e. The van der Waals surface area contributed by atoms with Crippen LogP contribution in [0.25, 0.3) is 0 Å². The Balaban J connectivity index is 2.16. The molecular formula is C12H15FO3. The first-order valence-electron chi connectivity index (χ1n) is 5.33. The Bertz CT molecular complexity index is 377. The fourth-order valence-electron chi connectivity index (χ4n) is 1.76. The Morgan fingerprint density at radius 1 is 1.38 bits per heavy atom. The molecule has 1 aromatic rings. The maximum atomic E-state index is 13.4. The van der Waals surface area contributed by atoms with Gasteiger partial charge in [-0.1, -0.05) is 6.07 Å². The summed E-state index contributed by atoms with van der Waals surface area (Å²) in [6.45, 7) is 0. The Labute approximate surface area is 93.5 Å². The molecule has 1 aliphatic rings. The number of aliphatic hydroxyl groups is 2. The van der Waals surface area contributed by atoms with Gasteiger partial charge in [0.1, 0.15) is 6.10 Å². The van der Waals surface area contributed by atoms with Crippen molar-refractivity contribution in [2.75, 3.05) is 7.11 Å². The molecule has 1 saturated carbocycles. The van der Waals surface area contributed by atoms with Crippen LogP contribution >= 0.6 is 0 Å². The van der Waals surface area contributed by atoms with Crippen molar-refractivity contribution < 1.29 is 19.3 Å². The standard InChI is InChI=1S/C12H15FO3/c1-16-10-5-4-8(6-9(10)13)12(15)11(14)7-2-3-7/h4-7,11-12,14-15H,2-3H2,1H3. The fourth-order valence-corrected chi connectivity index (χ4v) is 1.76. The van der Waals surface area contributed by atoms with E-state index in [0.29, 0.717) is 5.56 Å². The summed E-state index contributed by atoms with van der Waals surface area (Å²) in [4.78, 5) is 0. The molecule has 2 N–H and O–H groups in total. The zero-order valence-electron chi connectivity index (χ0n) is 9.06. The predicted octanol–water partition coefficient (Wildman–Crippen LogP) is 1.64.